The highest BCUT2D eigenvalue weighted by molar-refractivity contribution is 7.98. The van der Waals surface area contributed by atoms with E-state index in [2.05, 4.69) is 5.32 Å². The maximum atomic E-state index is 11.3. The molecule has 14 heavy (non-hydrogen) atoms. The van der Waals surface area contributed by atoms with E-state index in [1.165, 1.54) is 0 Å². The van der Waals surface area contributed by atoms with Gasteiger partial charge in [-0.3, -0.25) is 4.79 Å². The van der Waals surface area contributed by atoms with Crippen molar-refractivity contribution in [2.75, 3.05) is 18.6 Å². The van der Waals surface area contributed by atoms with E-state index in [-0.39, 0.29) is 5.91 Å². The Bertz CT molecular complexity index is 193. The van der Waals surface area contributed by atoms with E-state index in [1.807, 2.05) is 6.26 Å². The first-order valence-electron chi connectivity index (χ1n) is 5.14. The topological polar surface area (TPSA) is 49.3 Å². The molecule has 82 valence electrons. The molecular formula is C10H19NO2S. The van der Waals surface area contributed by atoms with Crippen LogP contribution in [0.2, 0.25) is 0 Å². The third-order valence-electron chi connectivity index (χ3n) is 2.65. The van der Waals surface area contributed by atoms with Crippen LogP contribution in [0.25, 0.3) is 0 Å². The molecule has 0 atom stereocenters. The van der Waals surface area contributed by atoms with Gasteiger partial charge in [-0.05, 0) is 37.7 Å². The van der Waals surface area contributed by atoms with Crippen LogP contribution in [-0.2, 0) is 4.79 Å². The number of hydrogen-bond acceptors (Lipinski definition) is 3. The molecule has 0 heterocycles. The second-order valence-electron chi connectivity index (χ2n) is 3.95. The molecule has 2 N–H and O–H groups in total. The summed E-state index contributed by atoms with van der Waals surface area (Å²) in [7, 11) is 0. The Kier molecular flexibility index (Phi) is 4.75. The monoisotopic (exact) mass is 217 g/mol. The third-order valence-corrected chi connectivity index (χ3v) is 3.35. The molecule has 0 aromatic carbocycles. The zero-order chi connectivity index (χ0) is 10.4. The van der Waals surface area contributed by atoms with Crippen molar-refractivity contribution in [3.8, 4) is 0 Å². The number of aliphatic hydroxyl groups is 1. The first kappa shape index (κ1) is 11.9. The molecule has 0 aromatic heterocycles. The highest BCUT2D eigenvalue weighted by atomic mass is 32.2. The van der Waals surface area contributed by atoms with Gasteiger partial charge in [0.05, 0.1) is 5.60 Å². The zero-order valence-electron chi connectivity index (χ0n) is 8.71. The number of nitrogens with one attached hydrogen (secondary N) is 1. The molecule has 1 aliphatic rings. The average Bonchev–Trinajstić information content (AvgIpc) is 2.12. The second kappa shape index (κ2) is 5.61. The molecular weight excluding hydrogens is 198 g/mol. The Balaban J connectivity index is 2.03. The van der Waals surface area contributed by atoms with E-state index in [0.717, 1.165) is 31.4 Å². The molecule has 4 heteroatoms. The summed E-state index contributed by atoms with van der Waals surface area (Å²) in [5.74, 6) is 1.09. The summed E-state index contributed by atoms with van der Waals surface area (Å²) in [5.41, 5.74) is -0.588. The lowest BCUT2D eigenvalue weighted by atomic mass is 9.80. The quantitative estimate of drug-likeness (QED) is 0.656. The molecule has 0 saturated heterocycles. The Morgan fingerprint density at radius 3 is 2.79 bits per heavy atom. The summed E-state index contributed by atoms with van der Waals surface area (Å²) in [4.78, 5) is 11.3. The Morgan fingerprint density at radius 2 is 2.29 bits per heavy atom. The summed E-state index contributed by atoms with van der Waals surface area (Å²) >= 11 is 1.75. The molecule has 1 fully saturated rings. The van der Waals surface area contributed by atoms with Gasteiger partial charge in [-0.15, -0.1) is 0 Å². The van der Waals surface area contributed by atoms with Gasteiger partial charge in [0, 0.05) is 13.0 Å². The van der Waals surface area contributed by atoms with Crippen LogP contribution in [-0.4, -0.2) is 35.2 Å². The van der Waals surface area contributed by atoms with Gasteiger partial charge >= 0.3 is 0 Å². The molecule has 0 radical (unpaired) electrons. The lowest BCUT2D eigenvalue weighted by Gasteiger charge is -2.36. The number of carbonyl (C=O) groups excluding carboxylic acids is 1. The summed E-state index contributed by atoms with van der Waals surface area (Å²) < 4.78 is 0. The van der Waals surface area contributed by atoms with E-state index in [1.54, 1.807) is 11.8 Å². The number of thioether (sulfide) groups is 1. The lowest BCUT2D eigenvalue weighted by molar-refractivity contribution is -0.123. The molecule has 0 aromatic rings. The highest BCUT2D eigenvalue weighted by Crippen LogP contribution is 2.30. The first-order chi connectivity index (χ1) is 6.66. The van der Waals surface area contributed by atoms with Crippen LogP contribution >= 0.6 is 11.8 Å². The minimum absolute atomic E-state index is 0.0689. The minimum Gasteiger partial charge on any atom is -0.388 e. The van der Waals surface area contributed by atoms with E-state index < -0.39 is 5.60 Å². The molecule has 1 amide bonds. The summed E-state index contributed by atoms with van der Waals surface area (Å²) in [6.45, 7) is 0.436. The van der Waals surface area contributed by atoms with Gasteiger partial charge in [0.25, 0.3) is 0 Å². The van der Waals surface area contributed by atoms with Crippen LogP contribution in [0.15, 0.2) is 0 Å². The van der Waals surface area contributed by atoms with Crippen molar-refractivity contribution < 1.29 is 9.90 Å². The zero-order valence-corrected chi connectivity index (χ0v) is 9.53. The van der Waals surface area contributed by atoms with Crippen LogP contribution in [0.5, 0.6) is 0 Å². The molecule has 1 saturated carbocycles. The number of amides is 1. The number of carbonyl (C=O) groups is 1. The lowest BCUT2D eigenvalue weighted by Crippen LogP contribution is -2.47. The van der Waals surface area contributed by atoms with Crippen LogP contribution in [0.1, 0.15) is 32.1 Å². The summed E-state index contributed by atoms with van der Waals surface area (Å²) in [6, 6.07) is 0. The highest BCUT2D eigenvalue weighted by Gasteiger charge is 2.34. The van der Waals surface area contributed by atoms with Gasteiger partial charge in [0.2, 0.25) is 5.91 Å². The number of hydrogen-bond donors (Lipinski definition) is 2. The van der Waals surface area contributed by atoms with Crippen LogP contribution in [0.4, 0.5) is 0 Å². The molecule has 0 spiro atoms. The van der Waals surface area contributed by atoms with Gasteiger partial charge in [-0.25, -0.2) is 0 Å². The van der Waals surface area contributed by atoms with Crippen LogP contribution in [0.3, 0.4) is 0 Å². The van der Waals surface area contributed by atoms with Gasteiger partial charge < -0.3 is 10.4 Å². The second-order valence-corrected chi connectivity index (χ2v) is 4.94. The number of rotatable bonds is 6. The molecule has 1 rings (SSSR count). The third kappa shape index (κ3) is 3.88. The molecule has 3 nitrogen and oxygen atoms in total. The Hall–Kier alpha value is -0.220. The maximum absolute atomic E-state index is 11.3. The standard InChI is InChI=1S/C10H19NO2S/c1-14-7-2-4-9(12)11-8-10(13)5-3-6-10/h13H,2-8H2,1H3,(H,11,12). The summed E-state index contributed by atoms with van der Waals surface area (Å²) in [6.07, 6.45) is 6.28. The normalized spacial score (nSPS) is 18.7. The Morgan fingerprint density at radius 1 is 1.57 bits per heavy atom. The SMILES string of the molecule is CSCCCC(=O)NCC1(O)CCC1. The first-order valence-corrected chi connectivity index (χ1v) is 6.54. The predicted molar refractivity (Wildman–Crippen MR) is 59.4 cm³/mol. The predicted octanol–water partition coefficient (Wildman–Crippen LogP) is 1.16. The van der Waals surface area contributed by atoms with Gasteiger partial charge in [-0.2, -0.15) is 11.8 Å². The van der Waals surface area contributed by atoms with Crippen LogP contribution < -0.4 is 5.32 Å². The maximum Gasteiger partial charge on any atom is 0.220 e. The van der Waals surface area contributed by atoms with Gasteiger partial charge in [0.15, 0.2) is 0 Å². The largest absolute Gasteiger partial charge is 0.388 e. The minimum atomic E-state index is -0.588. The smallest absolute Gasteiger partial charge is 0.220 e. The summed E-state index contributed by atoms with van der Waals surface area (Å²) in [5, 5.41) is 12.5. The van der Waals surface area contributed by atoms with Crippen molar-refractivity contribution in [3.63, 3.8) is 0 Å². The van der Waals surface area contributed by atoms with E-state index in [0.29, 0.717) is 13.0 Å². The molecule has 1 aliphatic carbocycles. The fourth-order valence-electron chi connectivity index (χ4n) is 1.49. The van der Waals surface area contributed by atoms with Crippen molar-refractivity contribution in [1.82, 2.24) is 5.32 Å². The van der Waals surface area contributed by atoms with Gasteiger partial charge in [0.1, 0.15) is 0 Å². The fraction of sp³-hybridized carbons (Fsp3) is 0.900. The molecule has 0 bridgehead atoms. The van der Waals surface area contributed by atoms with Crippen molar-refractivity contribution in [2.45, 2.75) is 37.7 Å². The van der Waals surface area contributed by atoms with Crippen molar-refractivity contribution >= 4 is 17.7 Å². The van der Waals surface area contributed by atoms with Crippen molar-refractivity contribution in [3.05, 3.63) is 0 Å². The molecule has 0 aliphatic heterocycles. The van der Waals surface area contributed by atoms with Crippen LogP contribution in [0, 0.1) is 0 Å². The Labute approximate surface area is 89.6 Å². The average molecular weight is 217 g/mol. The van der Waals surface area contributed by atoms with E-state index in [4.69, 9.17) is 0 Å². The van der Waals surface area contributed by atoms with E-state index >= 15 is 0 Å². The van der Waals surface area contributed by atoms with Gasteiger partial charge in [-0.1, -0.05) is 0 Å². The molecule has 0 unspecified atom stereocenters. The van der Waals surface area contributed by atoms with E-state index in [9.17, 15) is 9.90 Å². The van der Waals surface area contributed by atoms with Crippen molar-refractivity contribution in [2.24, 2.45) is 0 Å². The fourth-order valence-corrected chi connectivity index (χ4v) is 1.92. The van der Waals surface area contributed by atoms with Crippen molar-refractivity contribution in [1.29, 1.82) is 0 Å².